The molecular weight excluding hydrogens is 314 g/mol. The molecule has 0 aliphatic carbocycles. The lowest BCUT2D eigenvalue weighted by Gasteiger charge is -2.29. The van der Waals surface area contributed by atoms with E-state index >= 15 is 0 Å². The van der Waals surface area contributed by atoms with Crippen LogP contribution in [0.2, 0.25) is 0 Å². The molecule has 5 heteroatoms. The lowest BCUT2D eigenvalue weighted by Crippen LogP contribution is -2.41. The molecule has 0 fully saturated rings. The summed E-state index contributed by atoms with van der Waals surface area (Å²) >= 11 is 0. The van der Waals surface area contributed by atoms with Crippen molar-refractivity contribution in [2.75, 3.05) is 32.9 Å². The minimum atomic E-state index is 0. The van der Waals surface area contributed by atoms with Crippen LogP contribution >= 0.6 is 12.4 Å². The lowest BCUT2D eigenvalue weighted by molar-refractivity contribution is 0.0781. The second kappa shape index (κ2) is 20.2. The SMILES string of the molecule is CCCCCCCCCCCCC(CO)N(CCO)CCO.Cl. The summed E-state index contributed by atoms with van der Waals surface area (Å²) < 4.78 is 0. The van der Waals surface area contributed by atoms with Gasteiger partial charge >= 0.3 is 0 Å². The van der Waals surface area contributed by atoms with E-state index < -0.39 is 0 Å². The molecule has 0 aromatic carbocycles. The highest BCUT2D eigenvalue weighted by atomic mass is 35.5. The molecule has 0 aliphatic heterocycles. The first-order valence-electron chi connectivity index (χ1n) is 9.36. The number of hydrogen-bond acceptors (Lipinski definition) is 4. The summed E-state index contributed by atoms with van der Waals surface area (Å²) in [7, 11) is 0. The van der Waals surface area contributed by atoms with Crippen molar-refractivity contribution in [2.24, 2.45) is 0 Å². The van der Waals surface area contributed by atoms with Gasteiger partial charge in [0.25, 0.3) is 0 Å². The highest BCUT2D eigenvalue weighted by molar-refractivity contribution is 5.85. The Hall–Kier alpha value is 0.130. The molecule has 142 valence electrons. The molecule has 0 saturated heterocycles. The Kier molecular flexibility index (Phi) is 22.3. The van der Waals surface area contributed by atoms with Crippen molar-refractivity contribution in [3.05, 3.63) is 0 Å². The summed E-state index contributed by atoms with van der Waals surface area (Å²) in [6.07, 6.45) is 14.1. The van der Waals surface area contributed by atoms with Crippen molar-refractivity contribution in [2.45, 2.75) is 83.6 Å². The minimum absolute atomic E-state index is 0. The molecule has 0 radical (unpaired) electrons. The van der Waals surface area contributed by atoms with Gasteiger partial charge in [0.05, 0.1) is 19.8 Å². The van der Waals surface area contributed by atoms with E-state index in [2.05, 4.69) is 6.92 Å². The summed E-state index contributed by atoms with van der Waals surface area (Å²) in [5.41, 5.74) is 0. The molecule has 1 unspecified atom stereocenters. The second-order valence-electron chi connectivity index (χ2n) is 6.29. The smallest absolute Gasteiger partial charge is 0.0586 e. The largest absolute Gasteiger partial charge is 0.395 e. The normalized spacial score (nSPS) is 12.4. The van der Waals surface area contributed by atoms with Crippen molar-refractivity contribution < 1.29 is 15.3 Å². The maximum atomic E-state index is 9.49. The summed E-state index contributed by atoms with van der Waals surface area (Å²) in [6, 6.07) is 0.0772. The Morgan fingerprint density at radius 3 is 1.52 bits per heavy atom. The fourth-order valence-corrected chi connectivity index (χ4v) is 2.99. The third-order valence-corrected chi connectivity index (χ3v) is 4.39. The van der Waals surface area contributed by atoms with Crippen molar-refractivity contribution in [1.29, 1.82) is 0 Å². The van der Waals surface area contributed by atoms with Gasteiger partial charge in [0.1, 0.15) is 0 Å². The monoisotopic (exact) mass is 353 g/mol. The summed E-state index contributed by atoms with van der Waals surface area (Å²) in [6.45, 7) is 3.58. The zero-order chi connectivity index (χ0) is 16.5. The van der Waals surface area contributed by atoms with E-state index in [1.54, 1.807) is 0 Å². The van der Waals surface area contributed by atoms with Crippen LogP contribution in [0.15, 0.2) is 0 Å². The number of aliphatic hydroxyl groups excluding tert-OH is 3. The van der Waals surface area contributed by atoms with Gasteiger partial charge in [-0.15, -0.1) is 12.4 Å². The van der Waals surface area contributed by atoms with Crippen LogP contribution in [0.25, 0.3) is 0 Å². The van der Waals surface area contributed by atoms with Crippen LogP contribution in [-0.2, 0) is 0 Å². The molecule has 3 N–H and O–H groups in total. The Balaban J connectivity index is 0. The van der Waals surface area contributed by atoms with E-state index in [1.165, 1.54) is 57.8 Å². The number of nitrogens with zero attached hydrogens (tertiary/aromatic N) is 1. The molecule has 0 spiro atoms. The first-order chi connectivity index (χ1) is 10.8. The molecule has 0 saturated carbocycles. The van der Waals surface area contributed by atoms with Crippen molar-refractivity contribution >= 4 is 12.4 Å². The number of aliphatic hydroxyl groups is 3. The summed E-state index contributed by atoms with van der Waals surface area (Å²) in [5, 5.41) is 27.6. The average molecular weight is 354 g/mol. The number of hydrogen-bond donors (Lipinski definition) is 3. The van der Waals surface area contributed by atoms with Gasteiger partial charge in [-0.3, -0.25) is 4.90 Å². The van der Waals surface area contributed by atoms with Crippen LogP contribution in [0.5, 0.6) is 0 Å². The first kappa shape index (κ1) is 25.4. The third kappa shape index (κ3) is 15.4. The van der Waals surface area contributed by atoms with E-state index in [1.807, 2.05) is 4.90 Å². The molecule has 4 nitrogen and oxygen atoms in total. The molecule has 0 aromatic heterocycles. The first-order valence-corrected chi connectivity index (χ1v) is 9.36. The molecular formula is C18H40ClNO3. The van der Waals surface area contributed by atoms with Crippen molar-refractivity contribution in [3.63, 3.8) is 0 Å². The minimum Gasteiger partial charge on any atom is -0.395 e. The predicted octanol–water partition coefficient (Wildman–Crippen LogP) is 3.37. The Labute approximate surface area is 149 Å². The Morgan fingerprint density at radius 2 is 1.13 bits per heavy atom. The van der Waals surface area contributed by atoms with Gasteiger partial charge < -0.3 is 15.3 Å². The van der Waals surface area contributed by atoms with E-state index in [9.17, 15) is 5.11 Å². The van der Waals surface area contributed by atoms with Gasteiger partial charge in [0.2, 0.25) is 0 Å². The van der Waals surface area contributed by atoms with E-state index in [4.69, 9.17) is 10.2 Å². The maximum absolute atomic E-state index is 9.49. The van der Waals surface area contributed by atoms with Gasteiger partial charge in [0.15, 0.2) is 0 Å². The molecule has 23 heavy (non-hydrogen) atoms. The molecule has 1 atom stereocenters. The van der Waals surface area contributed by atoms with Gasteiger partial charge in [-0.05, 0) is 6.42 Å². The number of unbranched alkanes of at least 4 members (excludes halogenated alkanes) is 9. The quantitative estimate of drug-likeness (QED) is 0.351. The van der Waals surface area contributed by atoms with Gasteiger partial charge in [-0.25, -0.2) is 0 Å². The standard InChI is InChI=1S/C18H39NO3.ClH/c1-2-3-4-5-6-7-8-9-10-11-12-18(17-22)19(13-15-20)14-16-21;/h18,20-22H,2-17H2,1H3;1H. The van der Waals surface area contributed by atoms with Gasteiger partial charge in [0, 0.05) is 19.1 Å². The zero-order valence-electron chi connectivity index (χ0n) is 15.1. The van der Waals surface area contributed by atoms with Crippen molar-refractivity contribution in [3.8, 4) is 0 Å². The summed E-state index contributed by atoms with van der Waals surface area (Å²) in [4.78, 5) is 1.99. The highest BCUT2D eigenvalue weighted by Gasteiger charge is 2.16. The van der Waals surface area contributed by atoms with E-state index in [-0.39, 0.29) is 38.3 Å². The predicted molar refractivity (Wildman–Crippen MR) is 100 cm³/mol. The summed E-state index contributed by atoms with van der Waals surface area (Å²) in [5.74, 6) is 0. The molecule has 0 rings (SSSR count). The topological polar surface area (TPSA) is 63.9 Å². The van der Waals surface area contributed by atoms with Crippen LogP contribution in [0.1, 0.15) is 77.6 Å². The average Bonchev–Trinajstić information content (AvgIpc) is 2.53. The highest BCUT2D eigenvalue weighted by Crippen LogP contribution is 2.13. The maximum Gasteiger partial charge on any atom is 0.0586 e. The Bertz CT molecular complexity index is 214. The fraction of sp³-hybridized carbons (Fsp3) is 1.00. The fourth-order valence-electron chi connectivity index (χ4n) is 2.99. The van der Waals surface area contributed by atoms with Crippen LogP contribution in [0.3, 0.4) is 0 Å². The third-order valence-electron chi connectivity index (χ3n) is 4.39. The molecule has 0 heterocycles. The van der Waals surface area contributed by atoms with E-state index in [0.717, 1.165) is 12.8 Å². The zero-order valence-corrected chi connectivity index (χ0v) is 15.9. The second-order valence-corrected chi connectivity index (χ2v) is 6.29. The molecule has 0 bridgehead atoms. The molecule has 0 amide bonds. The van der Waals surface area contributed by atoms with E-state index in [0.29, 0.717) is 13.1 Å². The number of rotatable bonds is 17. The van der Waals surface area contributed by atoms with Gasteiger partial charge in [-0.1, -0.05) is 71.1 Å². The van der Waals surface area contributed by atoms with Crippen LogP contribution in [0, 0.1) is 0 Å². The molecule has 0 aromatic rings. The lowest BCUT2D eigenvalue weighted by atomic mass is 10.0. The van der Waals surface area contributed by atoms with Crippen molar-refractivity contribution in [1.82, 2.24) is 4.90 Å². The molecule has 0 aliphatic rings. The van der Waals surface area contributed by atoms with Crippen LogP contribution < -0.4 is 0 Å². The Morgan fingerprint density at radius 1 is 0.696 bits per heavy atom. The van der Waals surface area contributed by atoms with Crippen LogP contribution in [0.4, 0.5) is 0 Å². The van der Waals surface area contributed by atoms with Crippen LogP contribution in [-0.4, -0.2) is 59.2 Å². The van der Waals surface area contributed by atoms with Gasteiger partial charge in [-0.2, -0.15) is 0 Å². The number of halogens is 1.